The number of nitrogens with zero attached hydrogens (tertiary/aromatic N) is 1. The zero-order valence-electron chi connectivity index (χ0n) is 6.40. The molecule has 1 rings (SSSR count). The summed E-state index contributed by atoms with van der Waals surface area (Å²) in [4.78, 5) is 2.39. The van der Waals surface area contributed by atoms with Gasteiger partial charge in [0.1, 0.15) is 0 Å². The van der Waals surface area contributed by atoms with E-state index in [-0.39, 0.29) is 0 Å². The normalized spacial score (nSPS) is 20.1. The molecule has 0 aromatic carbocycles. The van der Waals surface area contributed by atoms with E-state index in [1.807, 2.05) is 0 Å². The fraction of sp³-hybridized carbons (Fsp3) is 0.750. The van der Waals surface area contributed by atoms with E-state index < -0.39 is 0 Å². The molecule has 0 aromatic rings. The van der Waals surface area contributed by atoms with Crippen molar-refractivity contribution in [3.63, 3.8) is 0 Å². The summed E-state index contributed by atoms with van der Waals surface area (Å²) in [5.41, 5.74) is 0. The highest BCUT2D eigenvalue weighted by atomic mass is 15.1. The Balaban J connectivity index is 0.000000291. The Morgan fingerprint density at radius 3 is 1.67 bits per heavy atom. The Labute approximate surface area is 58.4 Å². The van der Waals surface area contributed by atoms with Gasteiger partial charge in [-0.2, -0.15) is 0 Å². The highest BCUT2D eigenvalue weighted by molar-refractivity contribution is 4.58. The number of rotatable bonds is 0. The van der Waals surface area contributed by atoms with Crippen molar-refractivity contribution in [1.82, 2.24) is 4.90 Å². The van der Waals surface area contributed by atoms with Crippen LogP contribution in [0.5, 0.6) is 0 Å². The third-order valence-corrected chi connectivity index (χ3v) is 1.58. The van der Waals surface area contributed by atoms with Gasteiger partial charge in [-0.25, -0.2) is 0 Å². The molecular weight excluding hydrogens is 110 g/mol. The minimum absolute atomic E-state index is 1.32. The molecule has 0 amide bonds. The van der Waals surface area contributed by atoms with Gasteiger partial charge in [-0.15, -0.1) is 13.2 Å². The van der Waals surface area contributed by atoms with E-state index in [2.05, 4.69) is 25.1 Å². The Morgan fingerprint density at radius 1 is 1.00 bits per heavy atom. The van der Waals surface area contributed by atoms with Crippen LogP contribution in [0.15, 0.2) is 13.2 Å². The predicted molar refractivity (Wildman–Crippen MR) is 42.6 cm³/mol. The fourth-order valence-electron chi connectivity index (χ4n) is 1.05. The van der Waals surface area contributed by atoms with Crippen LogP contribution in [-0.2, 0) is 0 Å². The van der Waals surface area contributed by atoms with Crippen LogP contribution in [0.3, 0.4) is 0 Å². The first-order valence-electron chi connectivity index (χ1n) is 3.58. The molecule has 0 unspecified atom stereocenters. The number of hydrogen-bond donors (Lipinski definition) is 0. The van der Waals surface area contributed by atoms with Gasteiger partial charge in [-0.1, -0.05) is 6.42 Å². The van der Waals surface area contributed by atoms with Crippen LogP contribution in [0, 0.1) is 0 Å². The predicted octanol–water partition coefficient (Wildman–Crippen LogP) is 1.90. The number of likely N-dealkylation sites (tertiary alicyclic amines) is 1. The third kappa shape index (κ3) is 4.22. The van der Waals surface area contributed by atoms with E-state index in [1.165, 1.54) is 32.4 Å². The summed E-state index contributed by atoms with van der Waals surface area (Å²) in [7, 11) is 2.19. The lowest BCUT2D eigenvalue weighted by atomic mass is 10.1. The fourth-order valence-corrected chi connectivity index (χ4v) is 1.05. The quantitative estimate of drug-likeness (QED) is 0.449. The first kappa shape index (κ1) is 8.70. The van der Waals surface area contributed by atoms with E-state index in [9.17, 15) is 0 Å². The van der Waals surface area contributed by atoms with Crippen LogP contribution in [0.25, 0.3) is 0 Å². The molecule has 0 spiro atoms. The second-order valence-corrected chi connectivity index (χ2v) is 2.36. The van der Waals surface area contributed by atoms with Crippen molar-refractivity contribution in [2.24, 2.45) is 0 Å². The van der Waals surface area contributed by atoms with Gasteiger partial charge in [0.25, 0.3) is 0 Å². The van der Waals surface area contributed by atoms with E-state index >= 15 is 0 Å². The van der Waals surface area contributed by atoms with Crippen LogP contribution in [0.1, 0.15) is 19.3 Å². The summed E-state index contributed by atoms with van der Waals surface area (Å²) in [6.07, 6.45) is 4.28. The van der Waals surface area contributed by atoms with E-state index in [4.69, 9.17) is 0 Å². The van der Waals surface area contributed by atoms with E-state index in [0.717, 1.165) is 0 Å². The molecule has 0 bridgehead atoms. The average Bonchev–Trinajstić information content (AvgIpc) is 1.94. The van der Waals surface area contributed by atoms with Gasteiger partial charge in [0, 0.05) is 0 Å². The Kier molecular flexibility index (Phi) is 5.64. The van der Waals surface area contributed by atoms with E-state index in [0.29, 0.717) is 0 Å². The van der Waals surface area contributed by atoms with Crippen LogP contribution in [0.4, 0.5) is 0 Å². The van der Waals surface area contributed by atoms with Crippen molar-refractivity contribution >= 4 is 0 Å². The van der Waals surface area contributed by atoms with Crippen LogP contribution >= 0.6 is 0 Å². The molecule has 1 aliphatic rings. The summed E-state index contributed by atoms with van der Waals surface area (Å²) in [5.74, 6) is 0. The van der Waals surface area contributed by atoms with Crippen LogP contribution in [-0.4, -0.2) is 25.0 Å². The van der Waals surface area contributed by atoms with Gasteiger partial charge in [0.2, 0.25) is 0 Å². The smallest absolute Gasteiger partial charge is 0.00218 e. The molecule has 0 saturated carbocycles. The van der Waals surface area contributed by atoms with E-state index in [1.54, 1.807) is 0 Å². The Bertz CT molecular complexity index is 55.6. The zero-order chi connectivity index (χ0) is 7.11. The average molecular weight is 127 g/mol. The summed E-state index contributed by atoms with van der Waals surface area (Å²) >= 11 is 0. The van der Waals surface area contributed by atoms with Crippen molar-refractivity contribution in [1.29, 1.82) is 0 Å². The van der Waals surface area contributed by atoms with Crippen molar-refractivity contribution in [2.45, 2.75) is 19.3 Å². The lowest BCUT2D eigenvalue weighted by Crippen LogP contribution is -2.24. The topological polar surface area (TPSA) is 3.24 Å². The molecule has 54 valence electrons. The van der Waals surface area contributed by atoms with Crippen LogP contribution in [0.2, 0.25) is 0 Å². The minimum atomic E-state index is 1.32. The van der Waals surface area contributed by atoms with Gasteiger partial charge in [-0.3, -0.25) is 0 Å². The SMILES string of the molecule is C=C.CN1CCCCC1. The monoisotopic (exact) mass is 127 g/mol. The lowest BCUT2D eigenvalue weighted by Gasteiger charge is -2.20. The van der Waals surface area contributed by atoms with Gasteiger partial charge in [-0.05, 0) is 33.0 Å². The molecule has 1 aliphatic heterocycles. The molecule has 1 saturated heterocycles. The maximum atomic E-state index is 3.00. The third-order valence-electron chi connectivity index (χ3n) is 1.58. The first-order chi connectivity index (χ1) is 4.39. The number of hydrogen-bond acceptors (Lipinski definition) is 1. The maximum Gasteiger partial charge on any atom is -0.00218 e. The molecule has 1 heterocycles. The molecule has 1 fully saturated rings. The molecule has 0 radical (unpaired) electrons. The summed E-state index contributed by atoms with van der Waals surface area (Å²) in [6.45, 7) is 8.64. The molecule has 0 aliphatic carbocycles. The molecule has 0 aromatic heterocycles. The van der Waals surface area contributed by atoms with Crippen molar-refractivity contribution in [3.8, 4) is 0 Å². The molecular formula is C8H17N. The highest BCUT2D eigenvalue weighted by Gasteiger charge is 2.02. The summed E-state index contributed by atoms with van der Waals surface area (Å²) < 4.78 is 0. The van der Waals surface area contributed by atoms with Gasteiger partial charge in [0.05, 0.1) is 0 Å². The Hall–Kier alpha value is -0.300. The standard InChI is InChI=1S/C6H13N.C2H4/c1-7-5-3-2-4-6-7;1-2/h2-6H2,1H3;1-2H2. The van der Waals surface area contributed by atoms with Crippen molar-refractivity contribution in [3.05, 3.63) is 13.2 Å². The Morgan fingerprint density at radius 2 is 1.44 bits per heavy atom. The first-order valence-corrected chi connectivity index (χ1v) is 3.58. The van der Waals surface area contributed by atoms with Gasteiger partial charge >= 0.3 is 0 Å². The molecule has 1 nitrogen and oxygen atoms in total. The molecule has 1 heteroatoms. The van der Waals surface area contributed by atoms with Crippen molar-refractivity contribution < 1.29 is 0 Å². The van der Waals surface area contributed by atoms with Crippen LogP contribution < -0.4 is 0 Å². The molecule has 9 heavy (non-hydrogen) atoms. The largest absolute Gasteiger partial charge is 0.306 e. The van der Waals surface area contributed by atoms with Gasteiger partial charge in [0.15, 0.2) is 0 Å². The highest BCUT2D eigenvalue weighted by Crippen LogP contribution is 2.04. The summed E-state index contributed by atoms with van der Waals surface area (Å²) in [6, 6.07) is 0. The minimum Gasteiger partial charge on any atom is -0.306 e. The van der Waals surface area contributed by atoms with Gasteiger partial charge < -0.3 is 4.90 Å². The van der Waals surface area contributed by atoms with Crippen molar-refractivity contribution in [2.75, 3.05) is 20.1 Å². The number of piperidine rings is 1. The second-order valence-electron chi connectivity index (χ2n) is 2.36. The molecule has 0 atom stereocenters. The second kappa shape index (κ2) is 5.83. The molecule has 0 N–H and O–H groups in total. The zero-order valence-corrected chi connectivity index (χ0v) is 6.40. The maximum absolute atomic E-state index is 3.00. The summed E-state index contributed by atoms with van der Waals surface area (Å²) in [5, 5.41) is 0. The lowest BCUT2D eigenvalue weighted by molar-refractivity contribution is 0.277.